The number of amides is 2. The van der Waals surface area contributed by atoms with Crippen LogP contribution in [0.3, 0.4) is 0 Å². The molecule has 0 heterocycles. The van der Waals surface area contributed by atoms with Gasteiger partial charge in [-0.05, 0) is 40.4 Å². The second-order valence-corrected chi connectivity index (χ2v) is 5.36. The smallest absolute Gasteiger partial charge is 0.319 e. The molecule has 1 aromatic carbocycles. The summed E-state index contributed by atoms with van der Waals surface area (Å²) in [7, 11) is 0. The van der Waals surface area contributed by atoms with Crippen molar-refractivity contribution in [1.82, 2.24) is 5.32 Å². The van der Waals surface area contributed by atoms with Gasteiger partial charge in [0.25, 0.3) is 0 Å². The quantitative estimate of drug-likeness (QED) is 0.800. The third kappa shape index (κ3) is 3.99. The van der Waals surface area contributed by atoms with E-state index in [1.54, 1.807) is 0 Å². The van der Waals surface area contributed by atoms with Gasteiger partial charge in [-0.2, -0.15) is 0 Å². The van der Waals surface area contributed by atoms with Crippen molar-refractivity contribution in [3.05, 3.63) is 28.2 Å². The number of carbonyl (C=O) groups excluding carboxylic acids is 1. The molecule has 4 nitrogen and oxygen atoms in total. The van der Waals surface area contributed by atoms with E-state index >= 15 is 0 Å². The Labute approximate surface area is 116 Å². The Balaban J connectivity index is 2.67. The molecule has 2 amide bonds. The van der Waals surface area contributed by atoms with E-state index in [1.807, 2.05) is 39.0 Å². The average Bonchev–Trinajstić information content (AvgIpc) is 2.31. The lowest BCUT2D eigenvalue weighted by molar-refractivity contribution is 0.204. The number of hydrogen-bond acceptors (Lipinski definition) is 2. The van der Waals surface area contributed by atoms with E-state index < -0.39 is 0 Å². The van der Waals surface area contributed by atoms with Gasteiger partial charge in [-0.1, -0.05) is 26.0 Å². The first kappa shape index (κ1) is 15.0. The van der Waals surface area contributed by atoms with Crippen molar-refractivity contribution in [3.8, 4) is 0 Å². The summed E-state index contributed by atoms with van der Waals surface area (Å²) in [6.07, 6.45) is 0. The van der Waals surface area contributed by atoms with Gasteiger partial charge >= 0.3 is 6.03 Å². The first-order chi connectivity index (χ1) is 8.45. The fraction of sp³-hybridized carbons (Fsp3) is 0.462. The largest absolute Gasteiger partial charge is 0.394 e. The van der Waals surface area contributed by atoms with Crippen LogP contribution in [0.4, 0.5) is 10.5 Å². The molecular weight excluding hydrogens is 296 g/mol. The highest BCUT2D eigenvalue weighted by Gasteiger charge is 2.15. The molecule has 100 valence electrons. The van der Waals surface area contributed by atoms with E-state index in [4.69, 9.17) is 5.11 Å². The fourth-order valence-electron chi connectivity index (χ4n) is 1.49. The fourth-order valence-corrected chi connectivity index (χ4v) is 1.86. The van der Waals surface area contributed by atoms with Gasteiger partial charge in [-0.15, -0.1) is 0 Å². The molecule has 0 saturated heterocycles. The van der Waals surface area contributed by atoms with Crippen molar-refractivity contribution in [1.29, 1.82) is 0 Å². The van der Waals surface area contributed by atoms with E-state index in [0.717, 1.165) is 10.0 Å². The lowest BCUT2D eigenvalue weighted by Crippen LogP contribution is -2.43. The first-order valence-electron chi connectivity index (χ1n) is 5.89. The molecule has 0 spiro atoms. The third-order valence-electron chi connectivity index (χ3n) is 2.76. The number of rotatable bonds is 4. The molecule has 0 aliphatic heterocycles. The molecule has 18 heavy (non-hydrogen) atoms. The Morgan fingerprint density at radius 2 is 2.11 bits per heavy atom. The van der Waals surface area contributed by atoms with E-state index in [2.05, 4.69) is 26.6 Å². The number of aliphatic hydroxyl groups is 1. The second kappa shape index (κ2) is 6.75. The molecular formula is C13H19BrN2O2. The van der Waals surface area contributed by atoms with Crippen molar-refractivity contribution in [2.45, 2.75) is 26.8 Å². The number of hydrogen-bond donors (Lipinski definition) is 3. The van der Waals surface area contributed by atoms with Gasteiger partial charge in [0.1, 0.15) is 0 Å². The average molecular weight is 315 g/mol. The highest BCUT2D eigenvalue weighted by atomic mass is 79.9. The van der Waals surface area contributed by atoms with Crippen LogP contribution in [-0.2, 0) is 0 Å². The zero-order valence-electron chi connectivity index (χ0n) is 10.8. The number of urea groups is 1. The summed E-state index contributed by atoms with van der Waals surface area (Å²) in [5.74, 6) is 0.182. The molecule has 5 heteroatoms. The van der Waals surface area contributed by atoms with Crippen LogP contribution in [0.2, 0.25) is 0 Å². The van der Waals surface area contributed by atoms with E-state index in [9.17, 15) is 4.79 Å². The second-order valence-electron chi connectivity index (χ2n) is 4.57. The standard InChI is InChI=1S/C13H19BrN2O2/c1-8(2)11(7-17)16-13(18)15-10-6-4-5-9(3)12(10)14/h4-6,8,11,17H,7H2,1-3H3,(H2,15,16,18)/t11-/m1/s1. The van der Waals surface area contributed by atoms with Crippen molar-refractivity contribution < 1.29 is 9.90 Å². The number of benzene rings is 1. The molecule has 1 rings (SSSR count). The Morgan fingerprint density at radius 3 is 2.67 bits per heavy atom. The minimum Gasteiger partial charge on any atom is -0.394 e. The van der Waals surface area contributed by atoms with Crippen LogP contribution in [-0.4, -0.2) is 23.8 Å². The van der Waals surface area contributed by atoms with Gasteiger partial charge in [0.15, 0.2) is 0 Å². The predicted molar refractivity (Wildman–Crippen MR) is 76.7 cm³/mol. The molecule has 0 aliphatic rings. The molecule has 0 aliphatic carbocycles. The van der Waals surface area contributed by atoms with Crippen LogP contribution in [0.15, 0.2) is 22.7 Å². The van der Waals surface area contributed by atoms with E-state index in [1.165, 1.54) is 0 Å². The van der Waals surface area contributed by atoms with Crippen molar-refractivity contribution >= 4 is 27.6 Å². The number of aryl methyl sites for hydroxylation is 1. The Hall–Kier alpha value is -1.07. The van der Waals surface area contributed by atoms with Gasteiger partial charge < -0.3 is 15.7 Å². The summed E-state index contributed by atoms with van der Waals surface area (Å²) in [5.41, 5.74) is 1.77. The van der Waals surface area contributed by atoms with Crippen LogP contribution >= 0.6 is 15.9 Å². The van der Waals surface area contributed by atoms with Crippen LogP contribution in [0.5, 0.6) is 0 Å². The Bertz CT molecular complexity index is 421. The summed E-state index contributed by atoms with van der Waals surface area (Å²) >= 11 is 3.43. The monoisotopic (exact) mass is 314 g/mol. The number of carbonyl (C=O) groups is 1. The lowest BCUT2D eigenvalue weighted by atomic mass is 10.1. The van der Waals surface area contributed by atoms with Crippen LogP contribution in [0.1, 0.15) is 19.4 Å². The van der Waals surface area contributed by atoms with Crippen LogP contribution in [0.25, 0.3) is 0 Å². The molecule has 0 fully saturated rings. The minimum atomic E-state index is -0.311. The van der Waals surface area contributed by atoms with Crippen molar-refractivity contribution in [2.24, 2.45) is 5.92 Å². The first-order valence-corrected chi connectivity index (χ1v) is 6.68. The van der Waals surface area contributed by atoms with Crippen LogP contribution < -0.4 is 10.6 Å². The van der Waals surface area contributed by atoms with E-state index in [0.29, 0.717) is 5.69 Å². The van der Waals surface area contributed by atoms with Crippen molar-refractivity contribution in [2.75, 3.05) is 11.9 Å². The van der Waals surface area contributed by atoms with Crippen LogP contribution in [0, 0.1) is 12.8 Å². The Morgan fingerprint density at radius 1 is 1.44 bits per heavy atom. The zero-order chi connectivity index (χ0) is 13.7. The molecule has 0 aromatic heterocycles. The molecule has 0 bridgehead atoms. The molecule has 3 N–H and O–H groups in total. The maximum atomic E-state index is 11.8. The Kier molecular flexibility index (Phi) is 5.62. The maximum absolute atomic E-state index is 11.8. The lowest BCUT2D eigenvalue weighted by Gasteiger charge is -2.20. The normalized spacial score (nSPS) is 12.3. The number of nitrogens with one attached hydrogen (secondary N) is 2. The maximum Gasteiger partial charge on any atom is 0.319 e. The summed E-state index contributed by atoms with van der Waals surface area (Å²) in [6, 6.07) is 5.10. The topological polar surface area (TPSA) is 61.4 Å². The predicted octanol–water partition coefficient (Wildman–Crippen LogP) is 2.90. The molecule has 1 aromatic rings. The number of anilines is 1. The minimum absolute atomic E-state index is 0.0694. The summed E-state index contributed by atoms with van der Waals surface area (Å²) in [4.78, 5) is 11.8. The summed E-state index contributed by atoms with van der Waals surface area (Å²) < 4.78 is 0.866. The van der Waals surface area contributed by atoms with Gasteiger partial charge in [-0.3, -0.25) is 0 Å². The summed E-state index contributed by atoms with van der Waals surface area (Å²) in [5, 5.41) is 14.7. The van der Waals surface area contributed by atoms with Crippen molar-refractivity contribution in [3.63, 3.8) is 0 Å². The van der Waals surface area contributed by atoms with Gasteiger partial charge in [0.05, 0.1) is 18.3 Å². The highest BCUT2D eigenvalue weighted by Crippen LogP contribution is 2.25. The summed E-state index contributed by atoms with van der Waals surface area (Å²) in [6.45, 7) is 5.78. The van der Waals surface area contributed by atoms with Gasteiger partial charge in [0.2, 0.25) is 0 Å². The number of halogens is 1. The van der Waals surface area contributed by atoms with Gasteiger partial charge in [0, 0.05) is 4.47 Å². The number of aliphatic hydroxyl groups excluding tert-OH is 1. The highest BCUT2D eigenvalue weighted by molar-refractivity contribution is 9.10. The molecule has 1 atom stereocenters. The van der Waals surface area contributed by atoms with Gasteiger partial charge in [-0.25, -0.2) is 4.79 Å². The zero-order valence-corrected chi connectivity index (χ0v) is 12.4. The van der Waals surface area contributed by atoms with E-state index in [-0.39, 0.29) is 24.6 Å². The SMILES string of the molecule is Cc1cccc(NC(=O)N[C@H](CO)C(C)C)c1Br. The molecule has 0 saturated carbocycles. The molecule has 0 unspecified atom stereocenters. The molecule has 0 radical (unpaired) electrons. The third-order valence-corrected chi connectivity index (χ3v) is 3.81.